The number of carbonyl (C=O) groups excluding carboxylic acids is 1. The summed E-state index contributed by atoms with van der Waals surface area (Å²) in [6, 6.07) is 7.21. The van der Waals surface area contributed by atoms with Crippen molar-refractivity contribution in [1.82, 2.24) is 10.2 Å². The Kier molecular flexibility index (Phi) is 5.53. The Morgan fingerprint density at radius 2 is 1.62 bits per heavy atom. The molecule has 2 heterocycles. The van der Waals surface area contributed by atoms with Gasteiger partial charge in [-0.3, -0.25) is 4.79 Å². The number of likely N-dealkylation sites (tertiary alicyclic amines) is 1. The lowest BCUT2D eigenvalue weighted by molar-refractivity contribution is 0.0496. The third-order valence-electron chi connectivity index (χ3n) is 4.87. The summed E-state index contributed by atoms with van der Waals surface area (Å²) in [5, 5.41) is 4.10. The number of nitrogens with one attached hydrogen (secondary N) is 1. The van der Waals surface area contributed by atoms with Crippen LogP contribution in [-0.4, -0.2) is 37.0 Å². The quantitative estimate of drug-likeness (QED) is 0.857. The monoisotopic (exact) mass is 328 g/mol. The molecule has 1 N–H and O–H groups in total. The number of amides is 1. The molecule has 0 aliphatic carbocycles. The zero-order valence-corrected chi connectivity index (χ0v) is 13.7. The van der Waals surface area contributed by atoms with E-state index in [0.717, 1.165) is 44.6 Å². The number of piperidine rings is 2. The zero-order chi connectivity index (χ0) is 14.0. The Morgan fingerprint density at radius 3 is 2.19 bits per heavy atom. The number of hydrogen-bond acceptors (Lipinski definition) is 2. The van der Waals surface area contributed by atoms with Gasteiger partial charge in [0.25, 0.3) is 5.91 Å². The predicted molar refractivity (Wildman–Crippen MR) is 88.4 cm³/mol. The van der Waals surface area contributed by atoms with Crippen molar-refractivity contribution in [2.24, 2.45) is 5.41 Å². The Morgan fingerprint density at radius 1 is 1.05 bits per heavy atom. The van der Waals surface area contributed by atoms with Gasteiger partial charge in [0.2, 0.25) is 0 Å². The van der Waals surface area contributed by atoms with E-state index in [-0.39, 0.29) is 18.3 Å². The van der Waals surface area contributed by atoms with Crippen molar-refractivity contribution in [1.29, 1.82) is 0 Å². The first-order valence-corrected chi connectivity index (χ1v) is 7.82. The normalized spacial score (nSPS) is 20.9. The molecule has 2 aliphatic heterocycles. The molecule has 0 unspecified atom stereocenters. The molecular formula is C16H22Cl2N2O. The van der Waals surface area contributed by atoms with E-state index in [1.807, 2.05) is 17.0 Å². The molecule has 1 amide bonds. The van der Waals surface area contributed by atoms with E-state index in [2.05, 4.69) is 5.32 Å². The lowest BCUT2D eigenvalue weighted by atomic mass is 9.71. The van der Waals surface area contributed by atoms with E-state index in [9.17, 15) is 4.79 Å². The highest BCUT2D eigenvalue weighted by Gasteiger charge is 2.36. The number of hydrogen-bond donors (Lipinski definition) is 1. The maximum absolute atomic E-state index is 12.5. The summed E-state index contributed by atoms with van der Waals surface area (Å²) < 4.78 is 0. The molecule has 0 saturated carbocycles. The number of halogens is 2. The van der Waals surface area contributed by atoms with E-state index in [1.165, 1.54) is 12.8 Å². The van der Waals surface area contributed by atoms with Crippen LogP contribution in [0.5, 0.6) is 0 Å². The van der Waals surface area contributed by atoms with Gasteiger partial charge >= 0.3 is 0 Å². The number of benzene rings is 1. The van der Waals surface area contributed by atoms with Gasteiger partial charge in [-0.25, -0.2) is 0 Å². The second-order valence-electron chi connectivity index (χ2n) is 6.05. The van der Waals surface area contributed by atoms with Crippen molar-refractivity contribution >= 4 is 29.9 Å². The third-order valence-corrected chi connectivity index (χ3v) is 5.12. The van der Waals surface area contributed by atoms with Crippen molar-refractivity contribution in [2.75, 3.05) is 26.2 Å². The first-order valence-electron chi connectivity index (χ1n) is 7.44. The summed E-state index contributed by atoms with van der Waals surface area (Å²) in [6.07, 6.45) is 4.81. The Hall–Kier alpha value is -0.770. The first-order chi connectivity index (χ1) is 9.69. The minimum atomic E-state index is 0. The van der Waals surface area contributed by atoms with E-state index < -0.39 is 0 Å². The molecule has 3 rings (SSSR count). The van der Waals surface area contributed by atoms with Crippen molar-refractivity contribution in [3.05, 3.63) is 34.9 Å². The van der Waals surface area contributed by atoms with Crippen LogP contribution in [-0.2, 0) is 0 Å². The smallest absolute Gasteiger partial charge is 0.253 e. The van der Waals surface area contributed by atoms with Gasteiger partial charge in [-0.15, -0.1) is 12.4 Å². The largest absolute Gasteiger partial charge is 0.339 e. The van der Waals surface area contributed by atoms with E-state index in [4.69, 9.17) is 11.6 Å². The average molecular weight is 329 g/mol. The molecule has 2 saturated heterocycles. The maximum atomic E-state index is 12.5. The highest BCUT2D eigenvalue weighted by Crippen LogP contribution is 2.39. The molecule has 5 heteroatoms. The Labute approximate surface area is 137 Å². The first kappa shape index (κ1) is 16.6. The Balaban J connectivity index is 0.00000161. The van der Waals surface area contributed by atoms with Crippen LogP contribution in [0.25, 0.3) is 0 Å². The third kappa shape index (κ3) is 3.71. The SMILES string of the molecule is Cl.O=C(c1ccc(Cl)cc1)N1CCC2(CCNCC2)CC1. The van der Waals surface area contributed by atoms with Gasteiger partial charge in [-0.05, 0) is 68.5 Å². The molecule has 1 aromatic rings. The van der Waals surface area contributed by atoms with Gasteiger partial charge in [-0.2, -0.15) is 0 Å². The summed E-state index contributed by atoms with van der Waals surface area (Å²) >= 11 is 5.87. The van der Waals surface area contributed by atoms with Gasteiger partial charge < -0.3 is 10.2 Å². The second kappa shape index (κ2) is 6.99. The maximum Gasteiger partial charge on any atom is 0.253 e. The van der Waals surface area contributed by atoms with Crippen LogP contribution >= 0.6 is 24.0 Å². The second-order valence-corrected chi connectivity index (χ2v) is 6.49. The number of rotatable bonds is 1. The van der Waals surface area contributed by atoms with Crippen LogP contribution < -0.4 is 5.32 Å². The molecule has 0 aromatic heterocycles. The highest BCUT2D eigenvalue weighted by atomic mass is 35.5. The summed E-state index contributed by atoms with van der Waals surface area (Å²) in [5.74, 6) is 0.144. The van der Waals surface area contributed by atoms with Crippen LogP contribution in [0.3, 0.4) is 0 Å². The van der Waals surface area contributed by atoms with Crippen LogP contribution in [0.4, 0.5) is 0 Å². The standard InChI is InChI=1S/C16H21ClN2O.ClH/c17-14-3-1-13(2-4-14)15(20)19-11-7-16(8-12-19)5-9-18-10-6-16;/h1-4,18H,5-12H2;1H. The molecule has 21 heavy (non-hydrogen) atoms. The lowest BCUT2D eigenvalue weighted by Gasteiger charge is -2.44. The molecule has 0 bridgehead atoms. The van der Waals surface area contributed by atoms with Crippen LogP contribution in [0.1, 0.15) is 36.0 Å². The van der Waals surface area contributed by atoms with Crippen LogP contribution in [0, 0.1) is 5.41 Å². The number of nitrogens with zero attached hydrogens (tertiary/aromatic N) is 1. The van der Waals surface area contributed by atoms with Crippen molar-refractivity contribution in [3.8, 4) is 0 Å². The molecule has 2 aliphatic rings. The molecular weight excluding hydrogens is 307 g/mol. The summed E-state index contributed by atoms with van der Waals surface area (Å²) in [4.78, 5) is 14.4. The fraction of sp³-hybridized carbons (Fsp3) is 0.562. The van der Waals surface area contributed by atoms with Gasteiger partial charge in [0, 0.05) is 23.7 Å². The van der Waals surface area contributed by atoms with Gasteiger partial charge in [0.1, 0.15) is 0 Å². The van der Waals surface area contributed by atoms with E-state index >= 15 is 0 Å². The minimum Gasteiger partial charge on any atom is -0.339 e. The van der Waals surface area contributed by atoms with E-state index in [0.29, 0.717) is 10.4 Å². The number of carbonyl (C=O) groups is 1. The molecule has 3 nitrogen and oxygen atoms in total. The predicted octanol–water partition coefficient (Wildman–Crippen LogP) is 3.37. The molecule has 2 fully saturated rings. The highest BCUT2D eigenvalue weighted by molar-refractivity contribution is 6.30. The van der Waals surface area contributed by atoms with E-state index in [1.54, 1.807) is 12.1 Å². The van der Waals surface area contributed by atoms with Crippen molar-refractivity contribution < 1.29 is 4.79 Å². The average Bonchev–Trinajstić information content (AvgIpc) is 2.49. The summed E-state index contributed by atoms with van der Waals surface area (Å²) in [7, 11) is 0. The lowest BCUT2D eigenvalue weighted by Crippen LogP contribution is -2.47. The van der Waals surface area contributed by atoms with Crippen LogP contribution in [0.2, 0.25) is 5.02 Å². The summed E-state index contributed by atoms with van der Waals surface area (Å²) in [6.45, 7) is 4.04. The molecule has 116 valence electrons. The van der Waals surface area contributed by atoms with Crippen molar-refractivity contribution in [2.45, 2.75) is 25.7 Å². The van der Waals surface area contributed by atoms with Crippen LogP contribution in [0.15, 0.2) is 24.3 Å². The van der Waals surface area contributed by atoms with Gasteiger partial charge in [-0.1, -0.05) is 11.6 Å². The summed E-state index contributed by atoms with van der Waals surface area (Å²) in [5.41, 5.74) is 1.23. The fourth-order valence-corrected chi connectivity index (χ4v) is 3.54. The molecule has 1 aromatic carbocycles. The Bertz CT molecular complexity index is 474. The molecule has 0 atom stereocenters. The van der Waals surface area contributed by atoms with Gasteiger partial charge in [0.15, 0.2) is 0 Å². The minimum absolute atomic E-state index is 0. The van der Waals surface area contributed by atoms with Gasteiger partial charge in [0.05, 0.1) is 0 Å². The zero-order valence-electron chi connectivity index (χ0n) is 12.1. The molecule has 1 spiro atoms. The molecule has 0 radical (unpaired) electrons. The topological polar surface area (TPSA) is 32.3 Å². The van der Waals surface area contributed by atoms with Crippen molar-refractivity contribution in [3.63, 3.8) is 0 Å². The fourth-order valence-electron chi connectivity index (χ4n) is 3.42.